The number of hydrogen-bond acceptors (Lipinski definition) is 3. The van der Waals surface area contributed by atoms with E-state index in [-0.39, 0.29) is 11.8 Å². The number of carbonyl (C=O) groups excluding carboxylic acids is 2. The van der Waals surface area contributed by atoms with Crippen molar-refractivity contribution in [3.05, 3.63) is 57.0 Å². The number of carbonyl (C=O) groups is 2. The summed E-state index contributed by atoms with van der Waals surface area (Å²) in [5.41, 5.74) is 0.855. The molecule has 0 saturated carbocycles. The fourth-order valence-corrected chi connectivity index (χ4v) is 3.54. The van der Waals surface area contributed by atoms with Crippen LogP contribution in [0.3, 0.4) is 0 Å². The molecule has 5 nitrogen and oxygen atoms in total. The normalized spacial score (nSPS) is 16.3. The summed E-state index contributed by atoms with van der Waals surface area (Å²) in [6.07, 6.45) is 1.31. The molecular formula is C19H17Cl3N2O3. The number of amides is 2. The zero-order valence-electron chi connectivity index (χ0n) is 14.5. The number of rotatable bonds is 4. The van der Waals surface area contributed by atoms with Crippen molar-refractivity contribution in [1.29, 1.82) is 0 Å². The van der Waals surface area contributed by atoms with Gasteiger partial charge in [-0.2, -0.15) is 0 Å². The van der Waals surface area contributed by atoms with Gasteiger partial charge in [-0.3, -0.25) is 9.59 Å². The number of ether oxygens (including phenoxy) is 1. The molecule has 1 aliphatic rings. The molecule has 1 unspecified atom stereocenters. The van der Waals surface area contributed by atoms with Crippen LogP contribution in [0.5, 0.6) is 5.75 Å². The summed E-state index contributed by atoms with van der Waals surface area (Å²) >= 11 is 17.9. The Morgan fingerprint density at radius 2 is 1.89 bits per heavy atom. The van der Waals surface area contributed by atoms with Crippen LogP contribution in [0.25, 0.3) is 0 Å². The van der Waals surface area contributed by atoms with Gasteiger partial charge in [0.05, 0.1) is 22.8 Å². The first-order valence-corrected chi connectivity index (χ1v) is 9.44. The molecule has 0 spiro atoms. The first-order valence-electron chi connectivity index (χ1n) is 8.31. The first kappa shape index (κ1) is 19.8. The lowest BCUT2D eigenvalue weighted by atomic mass is 10.1. The second-order valence-electron chi connectivity index (χ2n) is 6.12. The Labute approximate surface area is 172 Å². The Kier molecular flexibility index (Phi) is 6.15. The van der Waals surface area contributed by atoms with Gasteiger partial charge in [0.2, 0.25) is 5.91 Å². The van der Waals surface area contributed by atoms with Crippen LogP contribution in [-0.2, 0) is 4.79 Å². The topological polar surface area (TPSA) is 58.6 Å². The Bertz CT molecular complexity index is 888. The van der Waals surface area contributed by atoms with Crippen molar-refractivity contribution in [2.75, 3.05) is 19.0 Å². The molecular weight excluding hydrogens is 411 g/mol. The molecule has 1 heterocycles. The molecule has 142 valence electrons. The minimum absolute atomic E-state index is 0.260. The van der Waals surface area contributed by atoms with E-state index in [0.29, 0.717) is 45.0 Å². The van der Waals surface area contributed by atoms with Crippen molar-refractivity contribution < 1.29 is 14.3 Å². The smallest absolute Gasteiger partial charge is 0.254 e. The lowest BCUT2D eigenvalue weighted by Gasteiger charge is -2.24. The molecule has 2 aromatic carbocycles. The van der Waals surface area contributed by atoms with E-state index in [1.165, 1.54) is 13.2 Å². The Hall–Kier alpha value is -1.95. The van der Waals surface area contributed by atoms with E-state index >= 15 is 0 Å². The molecule has 1 aliphatic heterocycles. The minimum Gasteiger partial charge on any atom is -0.495 e. The van der Waals surface area contributed by atoms with E-state index in [0.717, 1.165) is 6.42 Å². The average molecular weight is 428 g/mol. The summed E-state index contributed by atoms with van der Waals surface area (Å²) in [7, 11) is 1.51. The molecule has 2 aromatic rings. The lowest BCUT2D eigenvalue weighted by molar-refractivity contribution is -0.119. The summed E-state index contributed by atoms with van der Waals surface area (Å²) in [6, 6.07) is 9.05. The van der Waals surface area contributed by atoms with E-state index < -0.39 is 6.04 Å². The predicted octanol–water partition coefficient (Wildman–Crippen LogP) is 4.90. The highest BCUT2D eigenvalue weighted by Gasteiger charge is 2.35. The van der Waals surface area contributed by atoms with Gasteiger partial charge in [-0.05, 0) is 49.2 Å². The van der Waals surface area contributed by atoms with Crippen molar-refractivity contribution in [3.63, 3.8) is 0 Å². The van der Waals surface area contributed by atoms with Crippen molar-refractivity contribution in [2.24, 2.45) is 0 Å². The quantitative estimate of drug-likeness (QED) is 0.755. The molecule has 0 aromatic heterocycles. The van der Waals surface area contributed by atoms with Gasteiger partial charge >= 0.3 is 0 Å². The fourth-order valence-electron chi connectivity index (χ4n) is 3.07. The number of halogens is 3. The molecule has 0 aliphatic carbocycles. The molecule has 27 heavy (non-hydrogen) atoms. The Morgan fingerprint density at radius 1 is 1.11 bits per heavy atom. The molecule has 1 N–H and O–H groups in total. The van der Waals surface area contributed by atoms with Crippen LogP contribution in [-0.4, -0.2) is 36.4 Å². The summed E-state index contributed by atoms with van der Waals surface area (Å²) in [6.45, 7) is 0.490. The van der Waals surface area contributed by atoms with Gasteiger partial charge in [0.1, 0.15) is 11.8 Å². The monoisotopic (exact) mass is 426 g/mol. The van der Waals surface area contributed by atoms with Crippen LogP contribution in [0.4, 0.5) is 5.69 Å². The number of hydrogen-bond donors (Lipinski definition) is 1. The maximum Gasteiger partial charge on any atom is 0.254 e. The minimum atomic E-state index is -0.587. The van der Waals surface area contributed by atoms with Crippen LogP contribution in [0.2, 0.25) is 15.1 Å². The van der Waals surface area contributed by atoms with E-state index in [1.807, 2.05) is 0 Å². The molecule has 1 atom stereocenters. The highest BCUT2D eigenvalue weighted by Crippen LogP contribution is 2.30. The average Bonchev–Trinajstić information content (AvgIpc) is 3.13. The lowest BCUT2D eigenvalue weighted by Crippen LogP contribution is -2.43. The van der Waals surface area contributed by atoms with Crippen LogP contribution >= 0.6 is 34.8 Å². The van der Waals surface area contributed by atoms with Crippen molar-refractivity contribution in [1.82, 2.24) is 4.90 Å². The molecule has 2 amide bonds. The molecule has 0 bridgehead atoms. The number of methoxy groups -OCH3 is 1. The molecule has 0 radical (unpaired) electrons. The van der Waals surface area contributed by atoms with Gasteiger partial charge in [-0.15, -0.1) is 0 Å². The third-order valence-electron chi connectivity index (χ3n) is 4.40. The van der Waals surface area contributed by atoms with Crippen LogP contribution < -0.4 is 10.1 Å². The van der Waals surface area contributed by atoms with Crippen LogP contribution in [0.15, 0.2) is 36.4 Å². The third kappa shape index (κ3) is 4.32. The summed E-state index contributed by atoms with van der Waals surface area (Å²) < 4.78 is 5.25. The van der Waals surface area contributed by atoms with Crippen LogP contribution in [0.1, 0.15) is 23.2 Å². The van der Waals surface area contributed by atoms with Crippen molar-refractivity contribution >= 4 is 52.3 Å². The third-order valence-corrected chi connectivity index (χ3v) is 5.38. The van der Waals surface area contributed by atoms with Gasteiger partial charge in [-0.25, -0.2) is 0 Å². The number of likely N-dealkylation sites (tertiary alicyclic amines) is 1. The Balaban J connectivity index is 1.79. The van der Waals surface area contributed by atoms with Crippen LogP contribution in [0, 0.1) is 0 Å². The second kappa shape index (κ2) is 8.38. The maximum absolute atomic E-state index is 12.9. The summed E-state index contributed by atoms with van der Waals surface area (Å²) in [4.78, 5) is 27.2. The van der Waals surface area contributed by atoms with Crippen molar-refractivity contribution in [2.45, 2.75) is 18.9 Å². The highest BCUT2D eigenvalue weighted by atomic mass is 35.5. The van der Waals surface area contributed by atoms with E-state index in [1.54, 1.807) is 35.2 Å². The van der Waals surface area contributed by atoms with E-state index in [9.17, 15) is 9.59 Å². The van der Waals surface area contributed by atoms with Crippen molar-refractivity contribution in [3.8, 4) is 5.75 Å². The summed E-state index contributed by atoms with van der Waals surface area (Å²) in [5, 5.41) is 3.95. The fraction of sp³-hybridized carbons (Fsp3) is 0.263. The molecule has 1 saturated heterocycles. The molecule has 1 fully saturated rings. The Morgan fingerprint density at radius 3 is 2.59 bits per heavy atom. The zero-order valence-corrected chi connectivity index (χ0v) is 16.7. The molecule has 8 heteroatoms. The van der Waals surface area contributed by atoms with Gasteiger partial charge in [0.25, 0.3) is 5.91 Å². The maximum atomic E-state index is 12.9. The molecule has 3 rings (SSSR count). The first-order chi connectivity index (χ1) is 12.9. The largest absolute Gasteiger partial charge is 0.495 e. The number of benzene rings is 2. The SMILES string of the molecule is COc1ccc(Cl)cc1NC(=O)C1CCCN1C(=O)c1ccc(Cl)c(Cl)c1. The van der Waals surface area contributed by atoms with Gasteiger partial charge < -0.3 is 15.0 Å². The van der Waals surface area contributed by atoms with Gasteiger partial charge in [-0.1, -0.05) is 34.8 Å². The zero-order chi connectivity index (χ0) is 19.6. The predicted molar refractivity (Wildman–Crippen MR) is 107 cm³/mol. The number of nitrogens with one attached hydrogen (secondary N) is 1. The van der Waals surface area contributed by atoms with E-state index in [4.69, 9.17) is 39.5 Å². The number of anilines is 1. The van der Waals surface area contributed by atoms with E-state index in [2.05, 4.69) is 5.32 Å². The van der Waals surface area contributed by atoms with Gasteiger partial charge in [0.15, 0.2) is 0 Å². The standard InChI is InChI=1S/C19H17Cl3N2O3/c1-27-17-7-5-12(20)10-15(17)23-18(25)16-3-2-8-24(16)19(26)11-4-6-13(21)14(22)9-11/h4-7,9-10,16H,2-3,8H2,1H3,(H,23,25). The van der Waals surface area contributed by atoms with Gasteiger partial charge in [0, 0.05) is 17.1 Å². The number of nitrogens with zero attached hydrogens (tertiary/aromatic N) is 1. The second-order valence-corrected chi connectivity index (χ2v) is 7.37. The highest BCUT2D eigenvalue weighted by molar-refractivity contribution is 6.42. The summed E-state index contributed by atoms with van der Waals surface area (Å²) in [5.74, 6) is -0.0566.